The van der Waals surface area contributed by atoms with E-state index in [1.165, 1.54) is 0 Å². The highest BCUT2D eigenvalue weighted by atomic mass is 79.9. The smallest absolute Gasteiger partial charge is 0.261 e. The molecule has 0 aliphatic heterocycles. The topological polar surface area (TPSA) is 58.6 Å². The average Bonchev–Trinajstić information content (AvgIpc) is 2.69. The molecule has 0 aliphatic rings. The molecule has 0 fully saturated rings. The number of nitrogens with zero attached hydrogens (tertiary/aromatic N) is 1. The Bertz CT molecular complexity index is 884. The number of benzene rings is 2. The van der Waals surface area contributed by atoms with E-state index in [1.54, 1.807) is 11.8 Å². The molecule has 1 N–H and O–H groups in total. The Morgan fingerprint density at radius 1 is 1.10 bits per heavy atom. The summed E-state index contributed by atoms with van der Waals surface area (Å²) in [6.45, 7) is 11.8. The molecule has 1 unspecified atom stereocenters. The van der Waals surface area contributed by atoms with Crippen molar-refractivity contribution in [1.29, 1.82) is 0 Å². The number of rotatable bonds is 8. The second kappa shape index (κ2) is 10.8. The van der Waals surface area contributed by atoms with Gasteiger partial charge in [0.05, 0.1) is 0 Å². The monoisotopic (exact) mass is 488 g/mol. The minimum absolute atomic E-state index is 0.123. The third kappa shape index (κ3) is 7.69. The van der Waals surface area contributed by atoms with Crippen LogP contribution in [0.3, 0.4) is 0 Å². The zero-order chi connectivity index (χ0) is 23.2. The summed E-state index contributed by atoms with van der Waals surface area (Å²) < 4.78 is 6.84. The van der Waals surface area contributed by atoms with Crippen LogP contribution < -0.4 is 10.1 Å². The fraction of sp³-hybridized carbons (Fsp3) is 0.440. The van der Waals surface area contributed by atoms with Crippen molar-refractivity contribution in [3.05, 3.63) is 63.6 Å². The predicted octanol–water partition coefficient (Wildman–Crippen LogP) is 4.82. The van der Waals surface area contributed by atoms with Gasteiger partial charge < -0.3 is 15.0 Å². The van der Waals surface area contributed by atoms with Crippen LogP contribution in [-0.2, 0) is 16.0 Å². The van der Waals surface area contributed by atoms with E-state index in [-0.39, 0.29) is 24.0 Å². The van der Waals surface area contributed by atoms with Crippen LogP contribution >= 0.6 is 15.9 Å². The summed E-state index contributed by atoms with van der Waals surface area (Å²) in [5, 5.41) is 2.97. The minimum atomic E-state index is -0.604. The maximum Gasteiger partial charge on any atom is 0.261 e. The van der Waals surface area contributed by atoms with Gasteiger partial charge in [-0.1, -0.05) is 46.3 Å². The lowest BCUT2D eigenvalue weighted by Crippen LogP contribution is -2.53. The van der Waals surface area contributed by atoms with Gasteiger partial charge in [-0.05, 0) is 76.8 Å². The molecule has 0 bridgehead atoms. The molecule has 2 aromatic rings. The second-order valence-corrected chi connectivity index (χ2v) is 9.69. The van der Waals surface area contributed by atoms with Crippen molar-refractivity contribution in [3.63, 3.8) is 0 Å². The normalized spacial score (nSPS) is 12.2. The molecule has 1 atom stereocenters. The number of carbonyl (C=O) groups excluding carboxylic acids is 2. The van der Waals surface area contributed by atoms with Gasteiger partial charge in [-0.15, -0.1) is 0 Å². The maximum absolute atomic E-state index is 13.1. The first kappa shape index (κ1) is 24.9. The number of carbonyl (C=O) groups is 2. The zero-order valence-electron chi connectivity index (χ0n) is 19.3. The molecule has 2 amide bonds. The summed E-state index contributed by atoms with van der Waals surface area (Å²) in [5.41, 5.74) is 2.83. The molecule has 0 heterocycles. The van der Waals surface area contributed by atoms with E-state index >= 15 is 0 Å². The lowest BCUT2D eigenvalue weighted by atomic mass is 10.1. The van der Waals surface area contributed by atoms with Crippen molar-refractivity contribution in [3.8, 4) is 5.75 Å². The number of amides is 2. The third-order valence-corrected chi connectivity index (χ3v) is 6.17. The summed E-state index contributed by atoms with van der Waals surface area (Å²) in [5.74, 6) is 0.247. The molecule has 0 aromatic heterocycles. The molecule has 0 saturated heterocycles. The van der Waals surface area contributed by atoms with Crippen LogP contribution in [0.15, 0.2) is 46.9 Å². The molecular formula is C25H33BrN2O3. The largest absolute Gasteiger partial charge is 0.484 e. The van der Waals surface area contributed by atoms with E-state index < -0.39 is 6.04 Å². The Hall–Kier alpha value is -2.34. The summed E-state index contributed by atoms with van der Waals surface area (Å²) in [6.07, 6.45) is 0.663. The molecule has 0 spiro atoms. The SMILES string of the molecule is Cc1cc(OCC(=O)N(CCc2ccccc2)C(C)C(=O)NC(C)(C)C)cc(C)c1Br. The van der Waals surface area contributed by atoms with Gasteiger partial charge in [0.1, 0.15) is 11.8 Å². The third-order valence-electron chi connectivity index (χ3n) is 4.92. The lowest BCUT2D eigenvalue weighted by Gasteiger charge is -2.31. The van der Waals surface area contributed by atoms with Crippen molar-refractivity contribution in [1.82, 2.24) is 10.2 Å². The quantitative estimate of drug-likeness (QED) is 0.579. The first-order valence-electron chi connectivity index (χ1n) is 10.5. The van der Waals surface area contributed by atoms with Gasteiger partial charge in [0.2, 0.25) is 5.91 Å². The van der Waals surface area contributed by atoms with Crippen LogP contribution in [0.4, 0.5) is 0 Å². The number of halogens is 1. The van der Waals surface area contributed by atoms with Gasteiger partial charge in [-0.3, -0.25) is 9.59 Å². The van der Waals surface area contributed by atoms with Gasteiger partial charge in [0.15, 0.2) is 6.61 Å². The van der Waals surface area contributed by atoms with Crippen LogP contribution in [0.2, 0.25) is 0 Å². The Balaban J connectivity index is 2.13. The van der Waals surface area contributed by atoms with Gasteiger partial charge in [0, 0.05) is 16.6 Å². The molecule has 5 nitrogen and oxygen atoms in total. The number of ether oxygens (including phenoxy) is 1. The highest BCUT2D eigenvalue weighted by molar-refractivity contribution is 9.10. The van der Waals surface area contributed by atoms with Crippen molar-refractivity contribution >= 4 is 27.7 Å². The zero-order valence-corrected chi connectivity index (χ0v) is 20.9. The van der Waals surface area contributed by atoms with Gasteiger partial charge in [-0.2, -0.15) is 0 Å². The van der Waals surface area contributed by atoms with Crippen LogP contribution in [-0.4, -0.2) is 41.4 Å². The van der Waals surface area contributed by atoms with E-state index in [4.69, 9.17) is 4.74 Å². The maximum atomic E-state index is 13.1. The van der Waals surface area contributed by atoms with Gasteiger partial charge in [-0.25, -0.2) is 0 Å². The van der Waals surface area contributed by atoms with E-state index in [0.29, 0.717) is 18.7 Å². The number of nitrogens with one attached hydrogen (secondary N) is 1. The van der Waals surface area contributed by atoms with E-state index in [0.717, 1.165) is 21.2 Å². The van der Waals surface area contributed by atoms with Gasteiger partial charge >= 0.3 is 0 Å². The Morgan fingerprint density at radius 2 is 1.68 bits per heavy atom. The molecule has 168 valence electrons. The average molecular weight is 489 g/mol. The molecule has 2 rings (SSSR count). The highest BCUT2D eigenvalue weighted by Crippen LogP contribution is 2.26. The van der Waals surface area contributed by atoms with Crippen molar-refractivity contribution < 1.29 is 14.3 Å². The Morgan fingerprint density at radius 3 is 2.23 bits per heavy atom. The summed E-state index contributed by atoms with van der Waals surface area (Å²) >= 11 is 3.54. The Labute approximate surface area is 194 Å². The predicted molar refractivity (Wildman–Crippen MR) is 128 cm³/mol. The van der Waals surface area contributed by atoms with Crippen LogP contribution in [0.5, 0.6) is 5.75 Å². The number of aryl methyl sites for hydroxylation is 2. The fourth-order valence-corrected chi connectivity index (χ4v) is 3.49. The molecule has 0 radical (unpaired) electrons. The van der Waals surface area contributed by atoms with E-state index in [9.17, 15) is 9.59 Å². The molecule has 0 aliphatic carbocycles. The molecular weight excluding hydrogens is 456 g/mol. The lowest BCUT2D eigenvalue weighted by molar-refractivity contribution is -0.142. The highest BCUT2D eigenvalue weighted by Gasteiger charge is 2.28. The van der Waals surface area contributed by atoms with Crippen LogP contribution in [0.1, 0.15) is 44.4 Å². The molecule has 31 heavy (non-hydrogen) atoms. The number of hydrogen-bond acceptors (Lipinski definition) is 3. The van der Waals surface area contributed by atoms with Crippen molar-refractivity contribution in [2.45, 2.75) is 59.5 Å². The number of hydrogen-bond donors (Lipinski definition) is 1. The van der Waals surface area contributed by atoms with E-state index in [1.807, 2.05) is 77.1 Å². The van der Waals surface area contributed by atoms with Crippen LogP contribution in [0, 0.1) is 13.8 Å². The van der Waals surface area contributed by atoms with Crippen LogP contribution in [0.25, 0.3) is 0 Å². The fourth-order valence-electron chi connectivity index (χ4n) is 3.26. The van der Waals surface area contributed by atoms with Gasteiger partial charge in [0.25, 0.3) is 5.91 Å². The standard InChI is InChI=1S/C25H33BrN2O3/c1-17-14-21(15-18(2)23(17)26)31-16-22(29)28(13-12-20-10-8-7-9-11-20)19(3)24(30)27-25(4,5)6/h7-11,14-15,19H,12-13,16H2,1-6H3,(H,27,30). The van der Waals surface area contributed by atoms with E-state index in [2.05, 4.69) is 21.2 Å². The minimum Gasteiger partial charge on any atom is -0.484 e. The Kier molecular flexibility index (Phi) is 8.69. The van der Waals surface area contributed by atoms with Crippen molar-refractivity contribution in [2.75, 3.05) is 13.2 Å². The molecule has 6 heteroatoms. The first-order valence-corrected chi connectivity index (χ1v) is 11.3. The molecule has 0 saturated carbocycles. The first-order chi connectivity index (χ1) is 14.5. The molecule has 2 aromatic carbocycles. The second-order valence-electron chi connectivity index (χ2n) is 8.90. The summed E-state index contributed by atoms with van der Waals surface area (Å²) in [4.78, 5) is 27.5. The summed E-state index contributed by atoms with van der Waals surface area (Å²) in [6, 6.07) is 13.1. The van der Waals surface area contributed by atoms with Crippen molar-refractivity contribution in [2.24, 2.45) is 0 Å². The summed E-state index contributed by atoms with van der Waals surface area (Å²) in [7, 11) is 0.